The molecule has 0 saturated carbocycles. The van der Waals surface area contributed by atoms with E-state index >= 15 is 0 Å². The van der Waals surface area contributed by atoms with Gasteiger partial charge in [-0.15, -0.1) is 0 Å². The molecule has 0 bridgehead atoms. The van der Waals surface area contributed by atoms with Crippen LogP contribution in [-0.2, 0) is 16.2 Å². The molecule has 2 aromatic rings. The third kappa shape index (κ3) is 3.50. The zero-order chi connectivity index (χ0) is 17.3. The van der Waals surface area contributed by atoms with Gasteiger partial charge in [-0.05, 0) is 12.1 Å². The number of alkyl halides is 3. The predicted octanol–water partition coefficient (Wildman–Crippen LogP) is 1.72. The molecule has 2 aromatic heterocycles. The van der Waals surface area contributed by atoms with Crippen molar-refractivity contribution < 1.29 is 26.3 Å². The zero-order valence-corrected chi connectivity index (χ0v) is 12.8. The number of halogens is 3. The lowest BCUT2D eigenvalue weighted by atomic mass is 10.3. The zero-order valence-electron chi connectivity index (χ0n) is 11.9. The summed E-state index contributed by atoms with van der Waals surface area (Å²) >= 11 is 0. The lowest BCUT2D eigenvalue weighted by Crippen LogP contribution is -2.28. The number of rotatable bonds is 4. The van der Waals surface area contributed by atoms with Crippen molar-refractivity contribution in [1.29, 1.82) is 0 Å². The standard InChI is InChI=1S/C12H11F3N4O3S/c1-19(11-17-5-8(22-2)6-18-11)23(20,21)9-3-4-10(16-7-9)12(13,14)15/h3-7H,1-2H3. The molecule has 0 N–H and O–H groups in total. The van der Waals surface area contributed by atoms with E-state index in [1.165, 1.54) is 26.6 Å². The summed E-state index contributed by atoms with van der Waals surface area (Å²) in [6, 6.07) is 1.42. The topological polar surface area (TPSA) is 85.3 Å². The quantitative estimate of drug-likeness (QED) is 0.836. The molecule has 23 heavy (non-hydrogen) atoms. The first-order valence-corrected chi connectivity index (χ1v) is 7.48. The molecule has 0 spiro atoms. The molecule has 0 saturated heterocycles. The number of hydrogen-bond acceptors (Lipinski definition) is 6. The molecule has 0 aliphatic heterocycles. The van der Waals surface area contributed by atoms with Gasteiger partial charge in [-0.25, -0.2) is 22.7 Å². The van der Waals surface area contributed by atoms with Gasteiger partial charge in [0.25, 0.3) is 10.0 Å². The maximum atomic E-state index is 12.5. The van der Waals surface area contributed by atoms with Crippen LogP contribution < -0.4 is 9.04 Å². The Labute approximate surface area is 129 Å². The van der Waals surface area contributed by atoms with Crippen LogP contribution in [0.4, 0.5) is 19.1 Å². The fourth-order valence-electron chi connectivity index (χ4n) is 1.54. The van der Waals surface area contributed by atoms with Gasteiger partial charge in [-0.1, -0.05) is 0 Å². The minimum Gasteiger partial charge on any atom is -0.494 e. The fourth-order valence-corrected chi connectivity index (χ4v) is 2.59. The van der Waals surface area contributed by atoms with E-state index in [1.54, 1.807) is 0 Å². The molecular formula is C12H11F3N4O3S. The molecule has 2 heterocycles. The summed E-state index contributed by atoms with van der Waals surface area (Å²) < 4.78 is 67.6. The van der Waals surface area contributed by atoms with Gasteiger partial charge in [0.1, 0.15) is 10.6 Å². The van der Waals surface area contributed by atoms with Crippen LogP contribution in [0.5, 0.6) is 5.75 Å². The van der Waals surface area contributed by atoms with Crippen LogP contribution in [0.25, 0.3) is 0 Å². The minimum absolute atomic E-state index is 0.161. The molecule has 0 amide bonds. The molecular weight excluding hydrogens is 337 g/mol. The van der Waals surface area contributed by atoms with Crippen molar-refractivity contribution in [3.8, 4) is 5.75 Å². The van der Waals surface area contributed by atoms with Crippen LogP contribution in [-0.4, -0.2) is 37.5 Å². The van der Waals surface area contributed by atoms with E-state index in [4.69, 9.17) is 4.74 Å². The van der Waals surface area contributed by atoms with Gasteiger partial charge in [0.2, 0.25) is 5.95 Å². The summed E-state index contributed by atoms with van der Waals surface area (Å²) in [5.41, 5.74) is -1.18. The number of anilines is 1. The highest BCUT2D eigenvalue weighted by molar-refractivity contribution is 7.92. The van der Waals surface area contributed by atoms with Crippen molar-refractivity contribution in [3.05, 3.63) is 36.4 Å². The molecule has 0 unspecified atom stereocenters. The van der Waals surface area contributed by atoms with Crippen molar-refractivity contribution in [2.75, 3.05) is 18.5 Å². The second-order valence-corrected chi connectivity index (χ2v) is 6.24. The van der Waals surface area contributed by atoms with Gasteiger partial charge < -0.3 is 4.74 Å². The number of hydrogen-bond donors (Lipinski definition) is 0. The van der Waals surface area contributed by atoms with Crippen LogP contribution in [0.2, 0.25) is 0 Å². The number of nitrogens with zero attached hydrogens (tertiary/aromatic N) is 4. The Hall–Kier alpha value is -2.43. The van der Waals surface area contributed by atoms with Crippen molar-refractivity contribution in [2.45, 2.75) is 11.1 Å². The summed E-state index contributed by atoms with van der Waals surface area (Å²) in [6.07, 6.45) is -1.48. The normalized spacial score (nSPS) is 12.0. The van der Waals surface area contributed by atoms with Crippen LogP contribution >= 0.6 is 0 Å². The summed E-state index contributed by atoms with van der Waals surface area (Å²) in [4.78, 5) is 10.3. The second kappa shape index (κ2) is 5.99. The molecule has 0 aliphatic carbocycles. The van der Waals surface area contributed by atoms with Crippen molar-refractivity contribution in [3.63, 3.8) is 0 Å². The van der Waals surface area contributed by atoms with Gasteiger partial charge in [0.15, 0.2) is 5.75 Å². The van der Waals surface area contributed by atoms with E-state index in [-0.39, 0.29) is 5.95 Å². The Morgan fingerprint density at radius 2 is 1.70 bits per heavy atom. The van der Waals surface area contributed by atoms with Crippen molar-refractivity contribution >= 4 is 16.0 Å². The van der Waals surface area contributed by atoms with E-state index < -0.39 is 26.8 Å². The lowest BCUT2D eigenvalue weighted by molar-refractivity contribution is -0.141. The average Bonchev–Trinajstić information content (AvgIpc) is 2.53. The van der Waals surface area contributed by atoms with E-state index in [0.29, 0.717) is 18.0 Å². The van der Waals surface area contributed by atoms with E-state index in [1.807, 2.05) is 0 Å². The Kier molecular flexibility index (Phi) is 4.41. The van der Waals surface area contributed by atoms with Crippen LogP contribution in [0, 0.1) is 0 Å². The average molecular weight is 348 g/mol. The monoisotopic (exact) mass is 348 g/mol. The Balaban J connectivity index is 2.32. The molecule has 7 nitrogen and oxygen atoms in total. The Morgan fingerprint density at radius 3 is 2.13 bits per heavy atom. The number of aromatic nitrogens is 3. The van der Waals surface area contributed by atoms with Crippen molar-refractivity contribution in [1.82, 2.24) is 15.0 Å². The predicted molar refractivity (Wildman–Crippen MR) is 73.4 cm³/mol. The maximum absolute atomic E-state index is 12.5. The summed E-state index contributed by atoms with van der Waals surface area (Å²) in [5.74, 6) is 0.168. The Morgan fingerprint density at radius 1 is 1.09 bits per heavy atom. The van der Waals surface area contributed by atoms with E-state index in [2.05, 4.69) is 15.0 Å². The smallest absolute Gasteiger partial charge is 0.433 e. The number of ether oxygens (including phenoxy) is 1. The molecule has 2 rings (SSSR count). The number of methoxy groups -OCH3 is 1. The van der Waals surface area contributed by atoms with Crippen molar-refractivity contribution in [2.24, 2.45) is 0 Å². The molecule has 11 heteroatoms. The fraction of sp³-hybridized carbons (Fsp3) is 0.250. The van der Waals surface area contributed by atoms with Gasteiger partial charge >= 0.3 is 6.18 Å². The number of sulfonamides is 1. The highest BCUT2D eigenvalue weighted by Gasteiger charge is 2.33. The molecule has 0 fully saturated rings. The van der Waals surface area contributed by atoms with Crippen LogP contribution in [0.3, 0.4) is 0 Å². The molecule has 0 atom stereocenters. The lowest BCUT2D eigenvalue weighted by Gasteiger charge is -2.17. The van der Waals surface area contributed by atoms with Gasteiger partial charge in [0, 0.05) is 13.2 Å². The first kappa shape index (κ1) is 16.9. The molecule has 0 aromatic carbocycles. The first-order chi connectivity index (χ1) is 10.7. The highest BCUT2D eigenvalue weighted by atomic mass is 32.2. The van der Waals surface area contributed by atoms with E-state index in [9.17, 15) is 21.6 Å². The van der Waals surface area contributed by atoms with Gasteiger partial charge in [-0.2, -0.15) is 13.2 Å². The minimum atomic E-state index is -4.65. The highest BCUT2D eigenvalue weighted by Crippen LogP contribution is 2.28. The van der Waals surface area contributed by atoms with E-state index in [0.717, 1.165) is 10.4 Å². The van der Waals surface area contributed by atoms with Gasteiger partial charge in [0.05, 0.1) is 19.5 Å². The Bertz CT molecular complexity index is 777. The SMILES string of the molecule is COc1cnc(N(C)S(=O)(=O)c2ccc(C(F)(F)F)nc2)nc1. The molecule has 124 valence electrons. The number of pyridine rings is 1. The first-order valence-electron chi connectivity index (χ1n) is 6.04. The van der Waals surface area contributed by atoms with Gasteiger partial charge in [-0.3, -0.25) is 4.98 Å². The van der Waals surface area contributed by atoms with Crippen LogP contribution in [0.15, 0.2) is 35.6 Å². The third-order valence-electron chi connectivity index (χ3n) is 2.82. The summed E-state index contributed by atoms with van der Waals surface area (Å²) in [6.45, 7) is 0. The molecule has 0 radical (unpaired) electrons. The largest absolute Gasteiger partial charge is 0.494 e. The second-order valence-electron chi connectivity index (χ2n) is 4.27. The third-order valence-corrected chi connectivity index (χ3v) is 4.54. The van der Waals surface area contributed by atoms with Crippen LogP contribution in [0.1, 0.15) is 5.69 Å². The summed E-state index contributed by atoms with van der Waals surface area (Å²) in [7, 11) is -1.57. The molecule has 0 aliphatic rings. The summed E-state index contributed by atoms with van der Waals surface area (Å²) in [5, 5.41) is 0. The maximum Gasteiger partial charge on any atom is 0.433 e.